The summed E-state index contributed by atoms with van der Waals surface area (Å²) in [5, 5.41) is 20.2. The van der Waals surface area contributed by atoms with Crippen LogP contribution in [-0.4, -0.2) is 98.2 Å². The molecular weight excluding hydrogens is 516 g/mol. The summed E-state index contributed by atoms with van der Waals surface area (Å²) < 4.78 is 17.8. The fourth-order valence-corrected chi connectivity index (χ4v) is 7.68. The number of phenolic OH excluding ortho intramolecular Hbond substituents is 1. The van der Waals surface area contributed by atoms with Gasteiger partial charge in [-0.15, -0.1) is 0 Å². The number of carbonyl (C=O) groups excluding carboxylic acids is 3. The van der Waals surface area contributed by atoms with Gasteiger partial charge in [-0.05, 0) is 64.9 Å². The molecule has 4 aliphatic rings. The number of fused-ring (bicyclic) bond motifs is 3. The Bertz CT molecular complexity index is 1320. The number of nitrogens with two attached hydrogens (primary N) is 1. The molecule has 40 heavy (non-hydrogen) atoms. The molecule has 0 aromatic heterocycles. The predicted molar refractivity (Wildman–Crippen MR) is 145 cm³/mol. The minimum Gasteiger partial charge on any atom is -0.507 e. The second-order valence-electron chi connectivity index (χ2n) is 11.4. The standard InChI is InChI=1S/C29H38N4O7/c1-32(2)22-17-11-14-10-16-20(18(34)12-15(25(16)38-3)13-33-8-6-7-9-33)23(35)19(14)27(39-4)29(17,40-5)26(30)21(24(22)36)28(31)37/h12,14,17,21-22,30,34H,6-11,13H2,1-5H3,(H2,31,37). The number of ketones is 2. The van der Waals surface area contributed by atoms with E-state index >= 15 is 0 Å². The zero-order valence-corrected chi connectivity index (χ0v) is 23.7. The third-order valence-electron chi connectivity index (χ3n) is 9.22. The molecular formula is C29H38N4O7. The molecule has 1 heterocycles. The van der Waals surface area contributed by atoms with Gasteiger partial charge < -0.3 is 30.5 Å². The van der Waals surface area contributed by atoms with Gasteiger partial charge in [0.25, 0.3) is 0 Å². The van der Waals surface area contributed by atoms with E-state index in [-0.39, 0.29) is 28.4 Å². The predicted octanol–water partition coefficient (Wildman–Crippen LogP) is 1.29. The molecule has 4 N–H and O–H groups in total. The van der Waals surface area contributed by atoms with Crippen molar-refractivity contribution in [3.63, 3.8) is 0 Å². The zero-order valence-electron chi connectivity index (χ0n) is 23.7. The second kappa shape index (κ2) is 10.3. The number of Topliss-reactive ketones (excluding diaryl/α,β-unsaturated/α-hetero) is 2. The number of phenols is 1. The summed E-state index contributed by atoms with van der Waals surface area (Å²) in [7, 11) is 7.80. The maximum Gasteiger partial charge on any atom is 0.233 e. The normalized spacial score (nSPS) is 30.3. The Balaban J connectivity index is 1.71. The second-order valence-corrected chi connectivity index (χ2v) is 11.4. The molecule has 5 unspecified atom stereocenters. The number of ether oxygens (including phenoxy) is 3. The molecule has 1 aliphatic heterocycles. The fourth-order valence-electron chi connectivity index (χ4n) is 7.68. The van der Waals surface area contributed by atoms with E-state index < -0.39 is 46.9 Å². The number of likely N-dealkylation sites (tertiary alicyclic amines) is 1. The molecule has 1 saturated heterocycles. The quantitative estimate of drug-likeness (QED) is 0.423. The van der Waals surface area contributed by atoms with Crippen LogP contribution in [0.3, 0.4) is 0 Å². The molecule has 11 heteroatoms. The number of benzene rings is 1. The van der Waals surface area contributed by atoms with Crippen LogP contribution in [0.25, 0.3) is 0 Å². The third-order valence-corrected chi connectivity index (χ3v) is 9.22. The molecule has 5 rings (SSSR count). The minimum atomic E-state index is -1.66. The van der Waals surface area contributed by atoms with Crippen molar-refractivity contribution >= 4 is 23.2 Å². The molecule has 0 spiro atoms. The lowest BCUT2D eigenvalue weighted by Crippen LogP contribution is -2.70. The average molecular weight is 555 g/mol. The van der Waals surface area contributed by atoms with Gasteiger partial charge in [-0.2, -0.15) is 0 Å². The van der Waals surface area contributed by atoms with E-state index in [9.17, 15) is 19.5 Å². The largest absolute Gasteiger partial charge is 0.507 e. The van der Waals surface area contributed by atoms with Crippen LogP contribution in [0.1, 0.15) is 40.7 Å². The van der Waals surface area contributed by atoms with E-state index in [1.165, 1.54) is 14.2 Å². The minimum absolute atomic E-state index is 0.0852. The molecule has 1 aromatic carbocycles. The molecule has 216 valence electrons. The molecule has 11 nitrogen and oxygen atoms in total. The van der Waals surface area contributed by atoms with Crippen LogP contribution in [0.15, 0.2) is 17.4 Å². The van der Waals surface area contributed by atoms with Crippen LogP contribution < -0.4 is 10.5 Å². The van der Waals surface area contributed by atoms with Crippen LogP contribution in [0.5, 0.6) is 11.5 Å². The summed E-state index contributed by atoms with van der Waals surface area (Å²) >= 11 is 0. The van der Waals surface area contributed by atoms with Crippen molar-refractivity contribution in [1.29, 1.82) is 5.41 Å². The van der Waals surface area contributed by atoms with Crippen LogP contribution in [0.2, 0.25) is 0 Å². The molecule has 0 radical (unpaired) electrons. The highest BCUT2D eigenvalue weighted by atomic mass is 16.5. The van der Waals surface area contributed by atoms with Gasteiger partial charge >= 0.3 is 0 Å². The highest BCUT2D eigenvalue weighted by molar-refractivity contribution is 6.26. The summed E-state index contributed by atoms with van der Waals surface area (Å²) in [5.74, 6) is -3.89. The zero-order chi connectivity index (χ0) is 29.1. The molecule has 1 amide bonds. The van der Waals surface area contributed by atoms with Gasteiger partial charge in [0.1, 0.15) is 23.2 Å². The summed E-state index contributed by atoms with van der Waals surface area (Å²) in [6.07, 6.45) is 2.91. The summed E-state index contributed by atoms with van der Waals surface area (Å²) in [6.45, 7) is 2.53. The Morgan fingerprint density at radius 2 is 1.88 bits per heavy atom. The number of aromatic hydroxyl groups is 1. The number of rotatable bonds is 7. The Morgan fingerprint density at radius 1 is 1.20 bits per heavy atom. The summed E-state index contributed by atoms with van der Waals surface area (Å²) in [6, 6.07) is 0.789. The molecule has 3 aliphatic carbocycles. The number of amides is 1. The monoisotopic (exact) mass is 554 g/mol. The van der Waals surface area contributed by atoms with E-state index in [4.69, 9.17) is 25.4 Å². The van der Waals surface area contributed by atoms with Crippen LogP contribution in [-0.2, 0) is 32.0 Å². The van der Waals surface area contributed by atoms with E-state index in [0.29, 0.717) is 30.7 Å². The van der Waals surface area contributed by atoms with Crippen molar-refractivity contribution in [3.8, 4) is 11.5 Å². The van der Waals surface area contributed by atoms with E-state index in [1.807, 2.05) is 0 Å². The van der Waals surface area contributed by atoms with Crippen LogP contribution >= 0.6 is 0 Å². The Kier molecular flexibility index (Phi) is 7.26. The molecule has 5 atom stereocenters. The number of nitrogens with zero attached hydrogens (tertiary/aromatic N) is 2. The van der Waals surface area contributed by atoms with Gasteiger partial charge in [-0.3, -0.25) is 24.2 Å². The highest BCUT2D eigenvalue weighted by Crippen LogP contribution is 2.55. The lowest BCUT2D eigenvalue weighted by atomic mass is 9.56. The van der Waals surface area contributed by atoms with Crippen molar-refractivity contribution < 1.29 is 33.7 Å². The lowest BCUT2D eigenvalue weighted by Gasteiger charge is -2.54. The van der Waals surface area contributed by atoms with Crippen molar-refractivity contribution in [2.75, 3.05) is 48.5 Å². The SMILES string of the molecule is COC1=C2C(=O)c3c(O)cc(CN4CCCC4)c(OC)c3CC2CC2C(N(C)C)C(=O)C(C(N)=O)C(=N)C12OC. The maximum absolute atomic E-state index is 14.2. The Labute approximate surface area is 233 Å². The van der Waals surface area contributed by atoms with Crippen molar-refractivity contribution in [1.82, 2.24) is 9.80 Å². The van der Waals surface area contributed by atoms with Gasteiger partial charge in [-0.25, -0.2) is 0 Å². The van der Waals surface area contributed by atoms with Gasteiger partial charge in [0, 0.05) is 36.3 Å². The molecule has 1 saturated carbocycles. The van der Waals surface area contributed by atoms with Gasteiger partial charge in [0.15, 0.2) is 17.2 Å². The fraction of sp³-hybridized carbons (Fsp3) is 0.586. The first-order valence-corrected chi connectivity index (χ1v) is 13.6. The smallest absolute Gasteiger partial charge is 0.233 e. The number of allylic oxidation sites excluding steroid dienone is 1. The summed E-state index contributed by atoms with van der Waals surface area (Å²) in [4.78, 5) is 44.3. The number of likely N-dealkylation sites (N-methyl/N-ethyl adjacent to an activating group) is 1. The van der Waals surface area contributed by atoms with Gasteiger partial charge in [-0.1, -0.05) is 0 Å². The molecule has 0 bridgehead atoms. The number of hydrogen-bond acceptors (Lipinski definition) is 10. The number of nitrogens with one attached hydrogen (secondary N) is 1. The number of methoxy groups -OCH3 is 3. The maximum atomic E-state index is 14.2. The lowest BCUT2D eigenvalue weighted by molar-refractivity contribution is -0.143. The number of carbonyl (C=O) groups is 3. The first-order valence-electron chi connectivity index (χ1n) is 13.6. The third kappa shape index (κ3) is 3.89. The highest BCUT2D eigenvalue weighted by Gasteiger charge is 2.66. The Hall–Kier alpha value is -3.28. The number of primary amides is 1. The van der Waals surface area contributed by atoms with Crippen molar-refractivity contribution in [2.24, 2.45) is 23.5 Å². The first kappa shape index (κ1) is 28.3. The van der Waals surface area contributed by atoms with Gasteiger partial charge in [0.2, 0.25) is 5.91 Å². The average Bonchev–Trinajstić information content (AvgIpc) is 3.40. The first-order chi connectivity index (χ1) is 19.0. The van der Waals surface area contributed by atoms with E-state index in [2.05, 4.69) is 4.90 Å². The van der Waals surface area contributed by atoms with Crippen molar-refractivity contribution in [2.45, 2.75) is 43.9 Å². The molecule has 1 aromatic rings. The molecule has 2 fully saturated rings. The van der Waals surface area contributed by atoms with Gasteiger partial charge in [0.05, 0.1) is 31.5 Å². The Morgan fingerprint density at radius 3 is 2.42 bits per heavy atom. The van der Waals surface area contributed by atoms with Crippen molar-refractivity contribution in [3.05, 3.63) is 34.1 Å². The van der Waals surface area contributed by atoms with E-state index in [0.717, 1.165) is 31.5 Å². The van der Waals surface area contributed by atoms with Crippen LogP contribution in [0.4, 0.5) is 0 Å². The van der Waals surface area contributed by atoms with E-state index in [1.54, 1.807) is 32.2 Å². The van der Waals surface area contributed by atoms with Crippen LogP contribution in [0, 0.1) is 23.2 Å². The number of hydrogen-bond donors (Lipinski definition) is 3. The summed E-state index contributed by atoms with van der Waals surface area (Å²) in [5.41, 5.74) is 5.50. The topological polar surface area (TPSA) is 155 Å².